The number of carbonyl (C=O) groups excluding carboxylic acids is 3. The quantitative estimate of drug-likeness (QED) is 0.0517. The van der Waals surface area contributed by atoms with Gasteiger partial charge in [0.2, 0.25) is 0 Å². The van der Waals surface area contributed by atoms with Crippen LogP contribution in [0.5, 0.6) is 0 Å². The van der Waals surface area contributed by atoms with Gasteiger partial charge >= 0.3 is 59.1 Å². The molecular weight excluding hydrogens is 748 g/mol. The van der Waals surface area contributed by atoms with Crippen molar-refractivity contribution in [3.63, 3.8) is 0 Å². The molecule has 1 aromatic heterocycles. The molecule has 2 heterocycles. The molecule has 0 aliphatic carbocycles. The number of nitrogens with zero attached hydrogens (tertiary/aromatic N) is 4. The summed E-state index contributed by atoms with van der Waals surface area (Å²) in [6.07, 6.45) is 28.8. The molecule has 0 spiro atoms. The number of aldehydes is 1. The van der Waals surface area contributed by atoms with Gasteiger partial charge in [0.15, 0.2) is 0 Å². The standard InChI is InChI=1S/4C8H11N.C5H8O.C3H5N.2CH2O3.2Na.H2O/c2*1-6-4-9-5-7(2)8(6)3;2*1-4-6-9-7-8(3)5-2;1-3-5(2)4-6;1-2-3-4;2*2-1-4-3;;;/h4-5H,1-3H3;4-5,8H,1H2,2-3H3;5-7H,1H2,2-3H3;1,5,7H,6H2,2-3H3;3-4H,1-2H3;1H,3-4H2;2*1,3H;;;1H2/q;;;;;;;;2*+1;/p-2/b;;2*8-5+,9-7?;5-3+;;;;;;. The fourth-order valence-corrected chi connectivity index (χ4v) is 2.20. The molecule has 0 saturated carbocycles. The number of pyridine rings is 1. The van der Waals surface area contributed by atoms with Crippen LogP contribution in [0.2, 0.25) is 0 Å². The number of aliphatic imine (C=N–C) groups is 3. The monoisotopic (exact) mass is 809 g/mol. The Morgan fingerprint density at radius 3 is 1.58 bits per heavy atom. The van der Waals surface area contributed by atoms with E-state index in [4.69, 9.17) is 32.3 Å². The van der Waals surface area contributed by atoms with Gasteiger partial charge in [-0.05, 0) is 114 Å². The summed E-state index contributed by atoms with van der Waals surface area (Å²) in [5, 5.41) is 16.9. The van der Waals surface area contributed by atoms with Crippen LogP contribution in [0, 0.1) is 51.4 Å². The number of aromatic nitrogens is 1. The molecule has 1 unspecified atom stereocenters. The largest absolute Gasteiger partial charge is 1.00 e. The number of hydrogen-bond donors (Lipinski definition) is 1. The molecule has 1 aliphatic heterocycles. The van der Waals surface area contributed by atoms with Crippen LogP contribution in [-0.4, -0.2) is 61.4 Å². The minimum atomic E-state index is -0.181. The molecule has 0 amide bonds. The second kappa shape index (κ2) is 61.2. The van der Waals surface area contributed by atoms with Gasteiger partial charge in [-0.2, -0.15) is 0 Å². The van der Waals surface area contributed by atoms with Gasteiger partial charge in [0.1, 0.15) is 6.29 Å². The van der Waals surface area contributed by atoms with E-state index in [0.717, 1.165) is 28.6 Å². The minimum absolute atomic E-state index is 0. The minimum Gasteiger partial charge on any atom is -0.662 e. The van der Waals surface area contributed by atoms with Crippen LogP contribution in [0.4, 0.5) is 0 Å². The van der Waals surface area contributed by atoms with Gasteiger partial charge in [0.05, 0.1) is 19.3 Å². The molecule has 0 bridgehead atoms. The van der Waals surface area contributed by atoms with Crippen LogP contribution >= 0.6 is 0 Å². The topological polar surface area (TPSA) is 223 Å². The number of rotatable bonds is 7. The van der Waals surface area contributed by atoms with Crippen molar-refractivity contribution in [2.75, 3.05) is 13.1 Å². The van der Waals surface area contributed by atoms with Gasteiger partial charge in [-0.3, -0.25) is 34.3 Å². The van der Waals surface area contributed by atoms with E-state index in [0.29, 0.717) is 19.0 Å². The smallest absolute Gasteiger partial charge is 0.662 e. The summed E-state index contributed by atoms with van der Waals surface area (Å²) in [4.78, 5) is 48.0. The van der Waals surface area contributed by atoms with Crippen LogP contribution in [0.15, 0.2) is 105 Å². The number of carbonyl (C=O) groups is 3. The molecule has 57 heavy (non-hydrogen) atoms. The predicted octanol–water partition coefficient (Wildman–Crippen LogP) is -1.07. The first-order valence-electron chi connectivity index (χ1n) is 16.1. The number of aryl methyl sites for hydroxylation is 2. The number of hydrogen-bond acceptors (Lipinski definition) is 12. The third-order valence-electron chi connectivity index (χ3n) is 6.15. The van der Waals surface area contributed by atoms with E-state index in [2.05, 4.69) is 102 Å². The normalized spacial score (nSPS) is 11.6. The molecule has 0 saturated heterocycles. The Morgan fingerprint density at radius 1 is 0.895 bits per heavy atom. The van der Waals surface area contributed by atoms with Crippen molar-refractivity contribution in [3.05, 3.63) is 106 Å². The third-order valence-corrected chi connectivity index (χ3v) is 6.15. The summed E-state index contributed by atoms with van der Waals surface area (Å²) in [6, 6.07) is 0. The maximum absolute atomic E-state index is 9.67. The summed E-state index contributed by atoms with van der Waals surface area (Å²) in [6.45, 7) is 29.7. The van der Waals surface area contributed by atoms with Crippen molar-refractivity contribution < 1.29 is 99.3 Å². The van der Waals surface area contributed by atoms with Crippen LogP contribution < -0.4 is 75.4 Å². The Kier molecular flexibility index (Phi) is 79.4. The second-order valence-corrected chi connectivity index (χ2v) is 10.1. The number of allylic oxidation sites excluding steroid dienone is 8. The maximum Gasteiger partial charge on any atom is 1.00 e. The summed E-state index contributed by atoms with van der Waals surface area (Å²) >= 11 is 0. The number of terminal acetylenes is 2. The molecule has 13 nitrogen and oxygen atoms in total. The zero-order valence-corrected chi connectivity index (χ0v) is 40.3. The summed E-state index contributed by atoms with van der Waals surface area (Å²) in [5.41, 5.74) is 16.7. The summed E-state index contributed by atoms with van der Waals surface area (Å²) in [5.74, 6) is 5.12. The van der Waals surface area contributed by atoms with E-state index < -0.39 is 0 Å². The first-order chi connectivity index (χ1) is 25.6. The van der Waals surface area contributed by atoms with Gasteiger partial charge in [-0.15, -0.1) is 18.6 Å². The molecular formula is C42H61N5Na2O8. The van der Waals surface area contributed by atoms with Gasteiger partial charge in [0, 0.05) is 43.2 Å². The Balaban J connectivity index is -0.0000000669. The Bertz CT molecular complexity index is 1500. The Morgan fingerprint density at radius 2 is 1.32 bits per heavy atom. The Hall–Kier alpha value is -4.05. The van der Waals surface area contributed by atoms with E-state index in [1.54, 1.807) is 25.4 Å². The Labute approximate surface area is 386 Å². The number of nitrogens with two attached hydrogens (primary N) is 1. The zero-order chi connectivity index (χ0) is 43.2. The van der Waals surface area contributed by atoms with E-state index in [1.165, 1.54) is 28.5 Å². The third kappa shape index (κ3) is 64.2. The first-order valence-corrected chi connectivity index (χ1v) is 16.1. The average Bonchev–Trinajstić information content (AvgIpc) is 3.19. The first kappa shape index (κ1) is 74.0. The van der Waals surface area contributed by atoms with Gasteiger partial charge in [0.25, 0.3) is 12.9 Å². The zero-order valence-electron chi connectivity index (χ0n) is 36.3. The van der Waals surface area contributed by atoms with Crippen LogP contribution in [-0.2, 0) is 24.2 Å². The molecule has 0 radical (unpaired) electrons. The average molecular weight is 810 g/mol. The van der Waals surface area contributed by atoms with Gasteiger partial charge in [-0.25, -0.2) is 0 Å². The summed E-state index contributed by atoms with van der Waals surface area (Å²) < 4.78 is 0. The van der Waals surface area contributed by atoms with Crippen molar-refractivity contribution in [2.24, 2.45) is 26.6 Å². The van der Waals surface area contributed by atoms with Gasteiger partial charge in [-0.1, -0.05) is 50.2 Å². The van der Waals surface area contributed by atoms with Crippen LogP contribution in [0.1, 0.15) is 72.1 Å². The second-order valence-electron chi connectivity index (χ2n) is 10.1. The molecule has 1 aromatic rings. The predicted molar refractivity (Wildman–Crippen MR) is 224 cm³/mol. The van der Waals surface area contributed by atoms with Gasteiger partial charge < -0.3 is 31.5 Å². The fraction of sp³-hybridized carbons (Fsp3) is 0.333. The van der Waals surface area contributed by atoms with Crippen molar-refractivity contribution in [2.45, 2.75) is 76.2 Å². The van der Waals surface area contributed by atoms with E-state index >= 15 is 0 Å². The van der Waals surface area contributed by atoms with Crippen molar-refractivity contribution in [1.29, 1.82) is 0 Å². The van der Waals surface area contributed by atoms with Crippen molar-refractivity contribution in [3.8, 4) is 24.7 Å². The molecule has 304 valence electrons. The molecule has 15 heteroatoms. The molecule has 0 aromatic carbocycles. The van der Waals surface area contributed by atoms with Crippen molar-refractivity contribution >= 4 is 37.9 Å². The molecule has 2 rings (SSSR count). The molecule has 4 N–H and O–H groups in total. The van der Waals surface area contributed by atoms with E-state index in [1.807, 2.05) is 71.6 Å². The summed E-state index contributed by atoms with van der Waals surface area (Å²) in [7, 11) is 0. The SMILES string of the molecule is C#CCN.C#CCN=C/C(C)=C/C.C/C=C(\C)C=O.C=C1C=NC=C(C)C1C.C=C=CN=C/C(C)=C/C.Cc1cncc(C)c1C.O.O=CO[O-].O=CO[O-].[Na+].[Na+]. The van der Waals surface area contributed by atoms with E-state index in [-0.39, 0.29) is 77.5 Å². The van der Waals surface area contributed by atoms with Crippen molar-refractivity contribution in [1.82, 2.24) is 4.98 Å². The van der Waals surface area contributed by atoms with E-state index in [9.17, 15) is 4.79 Å². The molecule has 1 atom stereocenters. The molecule has 0 fully saturated rings. The molecule has 1 aliphatic rings. The van der Waals surface area contributed by atoms with Crippen LogP contribution in [0.25, 0.3) is 0 Å². The maximum atomic E-state index is 9.67. The fourth-order valence-electron chi connectivity index (χ4n) is 2.20. The van der Waals surface area contributed by atoms with Crippen LogP contribution in [0.3, 0.4) is 0 Å².